The lowest BCUT2D eigenvalue weighted by Crippen LogP contribution is -2.79. The normalized spacial score (nSPS) is 56.8. The fourth-order valence-corrected chi connectivity index (χ4v) is 4.10. The number of ether oxygens (including phenoxy) is 8. The zero-order valence-electron chi connectivity index (χ0n) is 17.6. The summed E-state index contributed by atoms with van der Waals surface area (Å²) in [5.74, 6) is -5.34. The second kappa shape index (κ2) is 7.09. The number of hydrogen-bond donors (Lipinski definition) is 2. The van der Waals surface area contributed by atoms with E-state index in [1.54, 1.807) is 27.7 Å². The minimum atomic E-state index is -1.34. The lowest BCUT2D eigenvalue weighted by Gasteiger charge is -2.61. The Bertz CT molecular complexity index is 493. The van der Waals surface area contributed by atoms with Gasteiger partial charge in [0.1, 0.15) is 36.6 Å². The van der Waals surface area contributed by atoms with E-state index in [1.807, 2.05) is 0 Å². The summed E-state index contributed by atoms with van der Waals surface area (Å²) in [5, 5.41) is 22.1. The summed E-state index contributed by atoms with van der Waals surface area (Å²) < 4.78 is 46.2. The average molecular weight is 408 g/mol. The van der Waals surface area contributed by atoms with E-state index in [9.17, 15) is 10.2 Å². The quantitative estimate of drug-likeness (QED) is 0.645. The molecule has 1 aliphatic carbocycles. The Morgan fingerprint density at radius 1 is 0.500 bits per heavy atom. The molecule has 0 spiro atoms. The van der Waals surface area contributed by atoms with Gasteiger partial charge in [0.05, 0.1) is 0 Å². The minimum Gasteiger partial charge on any atom is -0.387 e. The van der Waals surface area contributed by atoms with Gasteiger partial charge >= 0.3 is 0 Å². The molecule has 0 aromatic rings. The topological polar surface area (TPSA) is 114 Å². The third kappa shape index (κ3) is 2.86. The summed E-state index contributed by atoms with van der Waals surface area (Å²) in [6.45, 7) is 6.55. The van der Waals surface area contributed by atoms with Crippen LogP contribution in [0.3, 0.4) is 0 Å². The first-order chi connectivity index (χ1) is 12.9. The number of fused-ring (bicyclic) bond motifs is 2. The second-order valence-corrected chi connectivity index (χ2v) is 7.91. The molecule has 3 aliphatic rings. The van der Waals surface area contributed by atoms with E-state index in [2.05, 4.69) is 0 Å². The molecule has 2 aliphatic heterocycles. The molecule has 0 radical (unpaired) electrons. The monoisotopic (exact) mass is 408 g/mol. The molecule has 3 fully saturated rings. The first-order valence-electron chi connectivity index (χ1n) is 9.23. The van der Waals surface area contributed by atoms with Crippen LogP contribution in [0.25, 0.3) is 0 Å². The predicted octanol–water partition coefficient (Wildman–Crippen LogP) is -0.260. The molecule has 0 aromatic carbocycles. The van der Waals surface area contributed by atoms with Crippen LogP contribution in [0.5, 0.6) is 0 Å². The van der Waals surface area contributed by atoms with Gasteiger partial charge in [0.15, 0.2) is 0 Å². The summed E-state index contributed by atoms with van der Waals surface area (Å²) in [7, 11) is 5.78. The Morgan fingerprint density at radius 2 is 0.679 bits per heavy atom. The van der Waals surface area contributed by atoms with Gasteiger partial charge in [-0.05, 0) is 27.7 Å². The minimum absolute atomic E-state index is 0.957. The molecular weight excluding hydrogens is 376 g/mol. The molecule has 10 heteroatoms. The standard InChI is InChI=1S/C18H32O10/c1-15(21-5)16(2,22-6)26-12-10(20)14-13(9(19)11(12)25-15)27-17(3,23-7)18(4,24-8)28-14/h9-14,19-20H,1-8H3/t9?,10?,11-,12-,13+,14+,15+,16+,17-,18-. The Labute approximate surface area is 164 Å². The van der Waals surface area contributed by atoms with E-state index in [1.165, 1.54) is 28.4 Å². The summed E-state index contributed by atoms with van der Waals surface area (Å²) >= 11 is 0. The number of methoxy groups -OCH3 is 4. The third-order valence-electron chi connectivity index (χ3n) is 6.65. The van der Waals surface area contributed by atoms with Crippen LogP contribution >= 0.6 is 0 Å². The molecule has 0 bridgehead atoms. The van der Waals surface area contributed by atoms with Crippen molar-refractivity contribution in [3.05, 3.63) is 0 Å². The fraction of sp³-hybridized carbons (Fsp3) is 1.00. The SMILES string of the molecule is CO[C@@]1(C)O[C@@H]2C(O)[C@@H]3O[C@@](C)(OC)[C@](C)(OC)O[C@H]3C(O)[C@H]2O[C@]1(C)OC. The van der Waals surface area contributed by atoms with Gasteiger partial charge in [-0.25, -0.2) is 0 Å². The summed E-state index contributed by atoms with van der Waals surface area (Å²) in [5.41, 5.74) is 0. The van der Waals surface area contributed by atoms with Crippen molar-refractivity contribution in [3.63, 3.8) is 0 Å². The summed E-state index contributed by atoms with van der Waals surface area (Å²) in [4.78, 5) is 0. The van der Waals surface area contributed by atoms with E-state index in [4.69, 9.17) is 37.9 Å². The van der Waals surface area contributed by atoms with Gasteiger partial charge in [0, 0.05) is 28.4 Å². The zero-order chi connectivity index (χ0) is 21.1. The average Bonchev–Trinajstić information content (AvgIpc) is 2.69. The van der Waals surface area contributed by atoms with Gasteiger partial charge in [0.25, 0.3) is 0 Å². The van der Waals surface area contributed by atoms with E-state index in [0.29, 0.717) is 0 Å². The maximum absolute atomic E-state index is 11.0. The molecular formula is C18H32O10. The molecule has 2 unspecified atom stereocenters. The van der Waals surface area contributed by atoms with Crippen LogP contribution in [-0.4, -0.2) is 98.4 Å². The molecule has 2 N–H and O–H groups in total. The molecule has 2 heterocycles. The number of aliphatic hydroxyl groups is 2. The molecule has 10 nitrogen and oxygen atoms in total. The largest absolute Gasteiger partial charge is 0.387 e. The van der Waals surface area contributed by atoms with Crippen molar-refractivity contribution < 1.29 is 48.1 Å². The van der Waals surface area contributed by atoms with Crippen molar-refractivity contribution in [1.29, 1.82) is 0 Å². The predicted molar refractivity (Wildman–Crippen MR) is 93.2 cm³/mol. The van der Waals surface area contributed by atoms with Crippen LogP contribution < -0.4 is 0 Å². The van der Waals surface area contributed by atoms with Crippen LogP contribution in [0.2, 0.25) is 0 Å². The second-order valence-electron chi connectivity index (χ2n) is 7.91. The Morgan fingerprint density at radius 3 is 0.821 bits per heavy atom. The molecule has 1 saturated carbocycles. The number of aliphatic hydroxyl groups excluding tert-OH is 2. The third-order valence-corrected chi connectivity index (χ3v) is 6.65. The Hall–Kier alpha value is -0.400. The first-order valence-corrected chi connectivity index (χ1v) is 9.23. The van der Waals surface area contributed by atoms with Gasteiger partial charge in [0.2, 0.25) is 23.1 Å². The lowest BCUT2D eigenvalue weighted by molar-refractivity contribution is -0.503. The van der Waals surface area contributed by atoms with Crippen LogP contribution in [0.4, 0.5) is 0 Å². The van der Waals surface area contributed by atoms with Crippen molar-refractivity contribution in [2.75, 3.05) is 28.4 Å². The Balaban J connectivity index is 1.97. The zero-order valence-corrected chi connectivity index (χ0v) is 17.6. The van der Waals surface area contributed by atoms with Crippen LogP contribution in [-0.2, 0) is 37.9 Å². The number of rotatable bonds is 4. The van der Waals surface area contributed by atoms with Gasteiger partial charge in [-0.15, -0.1) is 0 Å². The number of hydrogen-bond acceptors (Lipinski definition) is 10. The highest BCUT2D eigenvalue weighted by atomic mass is 16.8. The van der Waals surface area contributed by atoms with Crippen molar-refractivity contribution >= 4 is 0 Å². The molecule has 0 amide bonds. The lowest BCUT2D eigenvalue weighted by atomic mass is 9.81. The van der Waals surface area contributed by atoms with Crippen molar-refractivity contribution in [2.24, 2.45) is 0 Å². The van der Waals surface area contributed by atoms with Crippen LogP contribution in [0.15, 0.2) is 0 Å². The molecule has 2 saturated heterocycles. The molecule has 164 valence electrons. The highest BCUT2D eigenvalue weighted by Crippen LogP contribution is 2.48. The van der Waals surface area contributed by atoms with Crippen molar-refractivity contribution in [3.8, 4) is 0 Å². The van der Waals surface area contributed by atoms with E-state index >= 15 is 0 Å². The maximum atomic E-state index is 11.0. The van der Waals surface area contributed by atoms with Gasteiger partial charge in [-0.1, -0.05) is 0 Å². The Kier molecular flexibility index (Phi) is 5.64. The highest BCUT2D eigenvalue weighted by Gasteiger charge is 2.68. The van der Waals surface area contributed by atoms with Gasteiger partial charge < -0.3 is 48.1 Å². The van der Waals surface area contributed by atoms with Gasteiger partial charge in [-0.3, -0.25) is 0 Å². The van der Waals surface area contributed by atoms with Crippen LogP contribution in [0, 0.1) is 0 Å². The smallest absolute Gasteiger partial charge is 0.220 e. The van der Waals surface area contributed by atoms with E-state index < -0.39 is 59.8 Å². The molecule has 28 heavy (non-hydrogen) atoms. The summed E-state index contributed by atoms with van der Waals surface area (Å²) in [6, 6.07) is 0. The van der Waals surface area contributed by atoms with Crippen molar-refractivity contribution in [1.82, 2.24) is 0 Å². The fourth-order valence-electron chi connectivity index (χ4n) is 4.10. The van der Waals surface area contributed by atoms with Gasteiger partial charge in [-0.2, -0.15) is 0 Å². The maximum Gasteiger partial charge on any atom is 0.220 e. The van der Waals surface area contributed by atoms with E-state index in [0.717, 1.165) is 0 Å². The summed E-state index contributed by atoms with van der Waals surface area (Å²) in [6.07, 6.45) is -6.24. The first kappa shape index (κ1) is 22.3. The van der Waals surface area contributed by atoms with Crippen molar-refractivity contribution in [2.45, 2.75) is 87.5 Å². The van der Waals surface area contributed by atoms with Crippen LogP contribution in [0.1, 0.15) is 27.7 Å². The molecule has 10 atom stereocenters. The van der Waals surface area contributed by atoms with E-state index in [-0.39, 0.29) is 0 Å². The molecule has 3 rings (SSSR count). The molecule has 0 aromatic heterocycles. The highest BCUT2D eigenvalue weighted by molar-refractivity contribution is 5.09.